The summed E-state index contributed by atoms with van der Waals surface area (Å²) in [4.78, 5) is 14.7. The molecule has 5 heteroatoms. The molecule has 0 saturated heterocycles. The van der Waals surface area contributed by atoms with E-state index in [9.17, 15) is 4.79 Å². The van der Waals surface area contributed by atoms with Crippen molar-refractivity contribution >= 4 is 34.2 Å². The predicted molar refractivity (Wildman–Crippen MR) is 59.6 cm³/mol. The lowest BCUT2D eigenvalue weighted by molar-refractivity contribution is 0.0691. The van der Waals surface area contributed by atoms with Gasteiger partial charge in [0, 0.05) is 15.5 Å². The molecule has 1 N–H and O–H groups in total. The molecule has 0 aliphatic carbocycles. The topological polar surface area (TPSA) is 54.6 Å². The third kappa shape index (κ3) is 1.37. The van der Waals surface area contributed by atoms with E-state index < -0.39 is 5.97 Å². The van der Waals surface area contributed by atoms with Crippen LogP contribution in [0.1, 0.15) is 16.2 Å². The number of aromatic nitrogens is 2. The van der Waals surface area contributed by atoms with E-state index in [2.05, 4.69) is 27.6 Å². The van der Waals surface area contributed by atoms with Crippen molar-refractivity contribution in [1.29, 1.82) is 0 Å². The van der Waals surface area contributed by atoms with Crippen LogP contribution in [0.25, 0.3) is 5.65 Å². The minimum atomic E-state index is -0.997. The Morgan fingerprint density at radius 1 is 1.57 bits per heavy atom. The molecule has 0 bridgehead atoms. The number of fused-ring (bicyclic) bond motifs is 1. The van der Waals surface area contributed by atoms with E-state index in [0.717, 1.165) is 9.26 Å². The number of rotatable bonds is 1. The summed E-state index contributed by atoms with van der Waals surface area (Å²) in [5.74, 6) is -0.997. The van der Waals surface area contributed by atoms with E-state index in [1.54, 1.807) is 10.5 Å². The molecule has 0 aliphatic rings. The van der Waals surface area contributed by atoms with E-state index >= 15 is 0 Å². The molecule has 0 aliphatic heterocycles. The van der Waals surface area contributed by atoms with E-state index in [0.29, 0.717) is 5.65 Å². The molecule has 0 amide bonds. The van der Waals surface area contributed by atoms with Crippen LogP contribution >= 0.6 is 22.6 Å². The van der Waals surface area contributed by atoms with E-state index in [-0.39, 0.29) is 5.69 Å². The number of carboxylic acid groups (broad SMARTS) is 1. The molecular weight excluding hydrogens is 295 g/mol. The van der Waals surface area contributed by atoms with Gasteiger partial charge in [-0.3, -0.25) is 0 Å². The van der Waals surface area contributed by atoms with Crippen LogP contribution < -0.4 is 0 Å². The fourth-order valence-corrected chi connectivity index (χ4v) is 1.71. The van der Waals surface area contributed by atoms with E-state index in [4.69, 9.17) is 5.11 Å². The van der Waals surface area contributed by atoms with Crippen LogP contribution in [0.3, 0.4) is 0 Å². The number of pyridine rings is 1. The highest BCUT2D eigenvalue weighted by atomic mass is 127. The average Bonchev–Trinajstić information content (AvgIpc) is 2.56. The zero-order valence-corrected chi connectivity index (χ0v) is 9.52. The number of aryl methyl sites for hydroxylation is 1. The van der Waals surface area contributed by atoms with Gasteiger partial charge >= 0.3 is 5.97 Å². The second-order valence-electron chi connectivity index (χ2n) is 2.93. The van der Waals surface area contributed by atoms with Gasteiger partial charge in [0.05, 0.1) is 0 Å². The van der Waals surface area contributed by atoms with Gasteiger partial charge in [0.25, 0.3) is 0 Å². The fraction of sp³-hybridized carbons (Fsp3) is 0.111. The molecule has 0 saturated carbocycles. The SMILES string of the molecule is Cc1c(I)ccc2nc(C(=O)O)cn12. The van der Waals surface area contributed by atoms with Crippen LogP contribution in [0.15, 0.2) is 18.3 Å². The van der Waals surface area contributed by atoms with Crippen LogP contribution in [-0.2, 0) is 0 Å². The summed E-state index contributed by atoms with van der Waals surface area (Å²) in [6, 6.07) is 3.73. The number of carboxylic acids is 1. The Balaban J connectivity index is 2.77. The van der Waals surface area contributed by atoms with Crippen molar-refractivity contribution in [2.75, 3.05) is 0 Å². The Hall–Kier alpha value is -1.11. The second kappa shape index (κ2) is 3.23. The molecule has 2 aromatic heterocycles. The maximum atomic E-state index is 10.7. The lowest BCUT2D eigenvalue weighted by Crippen LogP contribution is -1.95. The van der Waals surface area contributed by atoms with Gasteiger partial charge in [-0.05, 0) is 41.6 Å². The van der Waals surface area contributed by atoms with E-state index in [1.807, 2.05) is 13.0 Å². The minimum absolute atomic E-state index is 0.0788. The van der Waals surface area contributed by atoms with Gasteiger partial charge in [-0.1, -0.05) is 0 Å². The van der Waals surface area contributed by atoms with Crippen molar-refractivity contribution in [2.45, 2.75) is 6.92 Å². The molecule has 0 spiro atoms. The molecule has 0 fully saturated rings. The molecule has 0 atom stereocenters. The second-order valence-corrected chi connectivity index (χ2v) is 4.09. The van der Waals surface area contributed by atoms with Crippen LogP contribution in [0, 0.1) is 10.5 Å². The van der Waals surface area contributed by atoms with Crippen molar-refractivity contribution < 1.29 is 9.90 Å². The standard InChI is InChI=1S/C9H7IN2O2/c1-5-6(10)2-3-8-11-7(9(13)14)4-12(5)8/h2-4H,1H3,(H,13,14). The highest BCUT2D eigenvalue weighted by molar-refractivity contribution is 14.1. The average molecular weight is 302 g/mol. The van der Waals surface area contributed by atoms with Crippen molar-refractivity contribution in [3.05, 3.63) is 33.3 Å². The number of halogens is 1. The largest absolute Gasteiger partial charge is 0.476 e. The quantitative estimate of drug-likeness (QED) is 0.819. The Labute approximate surface area is 93.7 Å². The normalized spacial score (nSPS) is 10.7. The van der Waals surface area contributed by atoms with Crippen molar-refractivity contribution in [1.82, 2.24) is 9.38 Å². The Kier molecular flexibility index (Phi) is 2.18. The summed E-state index contributed by atoms with van der Waals surface area (Å²) in [5.41, 5.74) is 1.75. The number of carbonyl (C=O) groups is 1. The Bertz CT molecular complexity index is 519. The molecule has 4 nitrogen and oxygen atoms in total. The number of hydrogen-bond acceptors (Lipinski definition) is 2. The number of imidazole rings is 1. The molecule has 14 heavy (non-hydrogen) atoms. The molecule has 0 aromatic carbocycles. The third-order valence-electron chi connectivity index (χ3n) is 2.04. The monoisotopic (exact) mass is 302 g/mol. The summed E-state index contributed by atoms with van der Waals surface area (Å²) >= 11 is 2.20. The van der Waals surface area contributed by atoms with Gasteiger partial charge in [-0.15, -0.1) is 0 Å². The molecule has 0 radical (unpaired) electrons. The molecule has 0 unspecified atom stereocenters. The third-order valence-corrected chi connectivity index (χ3v) is 3.18. The highest BCUT2D eigenvalue weighted by Gasteiger charge is 2.10. The molecule has 2 aromatic rings. The highest BCUT2D eigenvalue weighted by Crippen LogP contribution is 2.14. The minimum Gasteiger partial charge on any atom is -0.476 e. The zero-order chi connectivity index (χ0) is 10.3. The van der Waals surface area contributed by atoms with Crippen molar-refractivity contribution in [3.8, 4) is 0 Å². The molecule has 2 rings (SSSR count). The number of aromatic carboxylic acids is 1. The van der Waals surface area contributed by atoms with Crippen molar-refractivity contribution in [2.24, 2.45) is 0 Å². The van der Waals surface area contributed by atoms with Gasteiger partial charge in [0.1, 0.15) is 5.65 Å². The summed E-state index contributed by atoms with van der Waals surface area (Å²) in [6.45, 7) is 1.93. The van der Waals surface area contributed by atoms with Crippen LogP contribution in [-0.4, -0.2) is 20.5 Å². The maximum Gasteiger partial charge on any atom is 0.356 e. The van der Waals surface area contributed by atoms with Gasteiger partial charge in [-0.2, -0.15) is 0 Å². The fourth-order valence-electron chi connectivity index (χ4n) is 1.27. The molecule has 2 heterocycles. The first-order valence-corrected chi connectivity index (χ1v) is 5.05. The summed E-state index contributed by atoms with van der Waals surface area (Å²) < 4.78 is 2.87. The zero-order valence-electron chi connectivity index (χ0n) is 7.36. The lowest BCUT2D eigenvalue weighted by Gasteiger charge is -2.00. The summed E-state index contributed by atoms with van der Waals surface area (Å²) in [5, 5.41) is 8.77. The molecule has 72 valence electrons. The van der Waals surface area contributed by atoms with Gasteiger partial charge in [0.2, 0.25) is 0 Å². The summed E-state index contributed by atoms with van der Waals surface area (Å²) in [7, 11) is 0. The van der Waals surface area contributed by atoms with E-state index in [1.165, 1.54) is 6.20 Å². The lowest BCUT2D eigenvalue weighted by atomic mass is 10.4. The predicted octanol–water partition coefficient (Wildman–Crippen LogP) is 1.95. The smallest absolute Gasteiger partial charge is 0.356 e. The Morgan fingerprint density at radius 3 is 2.93 bits per heavy atom. The Morgan fingerprint density at radius 2 is 2.29 bits per heavy atom. The summed E-state index contributed by atoms with van der Waals surface area (Å²) in [6.07, 6.45) is 1.54. The molecular formula is C9H7IN2O2. The first-order valence-electron chi connectivity index (χ1n) is 3.97. The van der Waals surface area contributed by atoms with Gasteiger partial charge in [0.15, 0.2) is 5.69 Å². The first kappa shape index (κ1) is 9.45. The number of hydrogen-bond donors (Lipinski definition) is 1. The van der Waals surface area contributed by atoms with Gasteiger partial charge in [-0.25, -0.2) is 9.78 Å². The van der Waals surface area contributed by atoms with Crippen LogP contribution in [0.2, 0.25) is 0 Å². The first-order chi connectivity index (χ1) is 6.59. The van der Waals surface area contributed by atoms with Crippen molar-refractivity contribution in [3.63, 3.8) is 0 Å². The number of nitrogens with zero attached hydrogens (tertiary/aromatic N) is 2. The van der Waals surface area contributed by atoms with Crippen LogP contribution in [0.5, 0.6) is 0 Å². The maximum absolute atomic E-state index is 10.7. The van der Waals surface area contributed by atoms with Gasteiger partial charge < -0.3 is 9.51 Å². The van der Waals surface area contributed by atoms with Crippen LogP contribution in [0.4, 0.5) is 0 Å².